The van der Waals surface area contributed by atoms with Gasteiger partial charge in [-0.15, -0.1) is 0 Å². The summed E-state index contributed by atoms with van der Waals surface area (Å²) >= 11 is 0. The minimum absolute atomic E-state index is 0.256. The molecule has 92 valence electrons. The van der Waals surface area contributed by atoms with Crippen LogP contribution in [0.5, 0.6) is 5.75 Å². The molecule has 4 heteroatoms. The fourth-order valence-electron chi connectivity index (χ4n) is 1.50. The van der Waals surface area contributed by atoms with Gasteiger partial charge in [0.25, 0.3) is 0 Å². The fraction of sp³-hybridized carbons (Fsp3) is 0.0714. The van der Waals surface area contributed by atoms with Crippen LogP contribution in [-0.4, -0.2) is 13.4 Å². The van der Waals surface area contributed by atoms with Gasteiger partial charge in [-0.25, -0.2) is 4.39 Å². The van der Waals surface area contributed by atoms with Gasteiger partial charge < -0.3 is 9.15 Å². The van der Waals surface area contributed by atoms with Crippen molar-refractivity contribution < 1.29 is 18.3 Å². The van der Waals surface area contributed by atoms with Gasteiger partial charge >= 0.3 is 0 Å². The highest BCUT2D eigenvalue weighted by Crippen LogP contribution is 2.18. The van der Waals surface area contributed by atoms with Crippen LogP contribution in [0.15, 0.2) is 34.7 Å². The molecule has 3 nitrogen and oxygen atoms in total. The Bertz CT molecular complexity index is 584. The summed E-state index contributed by atoms with van der Waals surface area (Å²) in [5.41, 5.74) is 0.649. The summed E-state index contributed by atoms with van der Waals surface area (Å²) in [5.74, 6) is 0.858. The Balaban J connectivity index is 2.22. The third kappa shape index (κ3) is 2.85. The zero-order valence-corrected chi connectivity index (χ0v) is 9.72. The summed E-state index contributed by atoms with van der Waals surface area (Å²) in [6.45, 7) is 0. The molecular weight excluding hydrogens is 235 g/mol. The van der Waals surface area contributed by atoms with Gasteiger partial charge in [0, 0.05) is 6.07 Å². The largest absolute Gasteiger partial charge is 0.497 e. The van der Waals surface area contributed by atoms with Gasteiger partial charge in [0.1, 0.15) is 17.3 Å². The maximum Gasteiger partial charge on any atom is 0.185 e. The van der Waals surface area contributed by atoms with Gasteiger partial charge in [0.05, 0.1) is 7.11 Å². The maximum absolute atomic E-state index is 13.2. The number of carbonyl (C=O) groups excluding carboxylic acids is 1. The van der Waals surface area contributed by atoms with Gasteiger partial charge in [0.15, 0.2) is 12.0 Å². The molecule has 0 aliphatic carbocycles. The number of aldehydes is 1. The molecule has 0 atom stereocenters. The highest BCUT2D eigenvalue weighted by atomic mass is 19.1. The van der Waals surface area contributed by atoms with E-state index < -0.39 is 0 Å². The fourth-order valence-corrected chi connectivity index (χ4v) is 1.50. The minimum Gasteiger partial charge on any atom is -0.497 e. The lowest BCUT2D eigenvalue weighted by Crippen LogP contribution is -1.85. The molecule has 0 fully saturated rings. The first kappa shape index (κ1) is 12.1. The summed E-state index contributed by atoms with van der Waals surface area (Å²) < 4.78 is 23.3. The molecule has 0 aliphatic heterocycles. The number of ether oxygens (including phenoxy) is 1. The first-order valence-electron chi connectivity index (χ1n) is 5.29. The number of halogens is 1. The summed E-state index contributed by atoms with van der Waals surface area (Å²) in [6.07, 6.45) is 3.96. The van der Waals surface area contributed by atoms with Crippen molar-refractivity contribution in [3.63, 3.8) is 0 Å². The highest BCUT2D eigenvalue weighted by molar-refractivity contribution is 5.73. The molecule has 1 aromatic heterocycles. The highest BCUT2D eigenvalue weighted by Gasteiger charge is 2.00. The zero-order valence-electron chi connectivity index (χ0n) is 9.72. The third-order valence-electron chi connectivity index (χ3n) is 2.33. The van der Waals surface area contributed by atoms with Crippen molar-refractivity contribution in [1.82, 2.24) is 0 Å². The Morgan fingerprint density at radius 2 is 1.94 bits per heavy atom. The molecule has 1 aromatic carbocycles. The van der Waals surface area contributed by atoms with Crippen molar-refractivity contribution in [1.29, 1.82) is 0 Å². The third-order valence-corrected chi connectivity index (χ3v) is 2.33. The van der Waals surface area contributed by atoms with Crippen LogP contribution in [0.1, 0.15) is 21.9 Å². The minimum atomic E-state index is -0.373. The predicted octanol–water partition coefficient (Wildman–Crippen LogP) is 3.41. The van der Waals surface area contributed by atoms with E-state index in [1.54, 1.807) is 30.4 Å². The molecule has 0 saturated carbocycles. The van der Waals surface area contributed by atoms with E-state index >= 15 is 0 Å². The zero-order chi connectivity index (χ0) is 13.0. The van der Waals surface area contributed by atoms with Crippen molar-refractivity contribution in [3.8, 4) is 5.75 Å². The van der Waals surface area contributed by atoms with Gasteiger partial charge in [-0.3, -0.25) is 4.79 Å². The first-order valence-corrected chi connectivity index (χ1v) is 5.29. The standard InChI is InChI=1S/C14H11FO3/c1-17-14-7-10(6-11(15)8-14)2-3-12-4-5-13(9-16)18-12/h2-9H,1H3/b3-2+. The summed E-state index contributed by atoms with van der Waals surface area (Å²) in [6, 6.07) is 7.61. The van der Waals surface area contributed by atoms with Gasteiger partial charge in [-0.2, -0.15) is 0 Å². The number of furan rings is 1. The lowest BCUT2D eigenvalue weighted by Gasteiger charge is -2.01. The Kier molecular flexibility index (Phi) is 3.57. The van der Waals surface area contributed by atoms with Crippen LogP contribution < -0.4 is 4.74 Å². The normalized spacial score (nSPS) is 10.8. The van der Waals surface area contributed by atoms with Gasteiger partial charge in [0.2, 0.25) is 0 Å². The van der Waals surface area contributed by atoms with Crippen LogP contribution in [0.3, 0.4) is 0 Å². The number of benzene rings is 1. The maximum atomic E-state index is 13.2. The molecule has 0 amide bonds. The van der Waals surface area contributed by atoms with E-state index in [4.69, 9.17) is 9.15 Å². The van der Waals surface area contributed by atoms with E-state index in [1.165, 1.54) is 19.2 Å². The SMILES string of the molecule is COc1cc(F)cc(/C=C/c2ccc(C=O)o2)c1. The summed E-state index contributed by atoms with van der Waals surface area (Å²) in [4.78, 5) is 10.4. The first-order chi connectivity index (χ1) is 8.71. The predicted molar refractivity (Wildman–Crippen MR) is 66.0 cm³/mol. The molecular formula is C14H11FO3. The Hall–Kier alpha value is -2.36. The second-order valence-electron chi connectivity index (χ2n) is 3.62. The lowest BCUT2D eigenvalue weighted by atomic mass is 10.2. The van der Waals surface area contributed by atoms with Crippen LogP contribution in [0, 0.1) is 5.82 Å². The van der Waals surface area contributed by atoms with E-state index in [0.29, 0.717) is 23.4 Å². The Labute approximate surface area is 103 Å². The number of rotatable bonds is 4. The van der Waals surface area contributed by atoms with Crippen molar-refractivity contribution in [2.45, 2.75) is 0 Å². The van der Waals surface area contributed by atoms with Gasteiger partial charge in [-0.1, -0.05) is 6.08 Å². The number of hydrogen-bond donors (Lipinski definition) is 0. The van der Waals surface area contributed by atoms with E-state index in [9.17, 15) is 9.18 Å². The van der Waals surface area contributed by atoms with E-state index in [0.717, 1.165) is 0 Å². The van der Waals surface area contributed by atoms with E-state index in [1.807, 2.05) is 0 Å². The summed E-state index contributed by atoms with van der Waals surface area (Å²) in [7, 11) is 1.48. The quantitative estimate of drug-likeness (QED) is 0.776. The van der Waals surface area contributed by atoms with Crippen molar-refractivity contribution in [3.05, 3.63) is 53.2 Å². The average Bonchev–Trinajstić information content (AvgIpc) is 2.83. The van der Waals surface area contributed by atoms with Crippen LogP contribution in [0.25, 0.3) is 12.2 Å². The number of hydrogen-bond acceptors (Lipinski definition) is 3. The van der Waals surface area contributed by atoms with Crippen molar-refractivity contribution in [2.24, 2.45) is 0 Å². The van der Waals surface area contributed by atoms with Crippen molar-refractivity contribution in [2.75, 3.05) is 7.11 Å². The molecule has 0 N–H and O–H groups in total. The molecule has 0 saturated heterocycles. The van der Waals surface area contributed by atoms with Crippen LogP contribution in [0.2, 0.25) is 0 Å². The molecule has 18 heavy (non-hydrogen) atoms. The second-order valence-corrected chi connectivity index (χ2v) is 3.62. The molecule has 0 bridgehead atoms. The molecule has 1 heterocycles. The van der Waals surface area contributed by atoms with Crippen LogP contribution in [-0.2, 0) is 0 Å². The molecule has 0 spiro atoms. The summed E-state index contributed by atoms with van der Waals surface area (Å²) in [5, 5.41) is 0. The molecule has 2 rings (SSSR count). The molecule has 0 unspecified atom stereocenters. The van der Waals surface area contributed by atoms with Crippen LogP contribution in [0.4, 0.5) is 4.39 Å². The smallest absolute Gasteiger partial charge is 0.185 e. The molecule has 0 aliphatic rings. The Morgan fingerprint density at radius 1 is 1.17 bits per heavy atom. The van der Waals surface area contributed by atoms with E-state index in [-0.39, 0.29) is 11.6 Å². The van der Waals surface area contributed by atoms with Crippen molar-refractivity contribution >= 4 is 18.4 Å². The topological polar surface area (TPSA) is 39.4 Å². The monoisotopic (exact) mass is 246 g/mol. The number of carbonyl (C=O) groups is 1. The van der Waals surface area contributed by atoms with E-state index in [2.05, 4.69) is 0 Å². The lowest BCUT2D eigenvalue weighted by molar-refractivity contribution is 0.110. The van der Waals surface area contributed by atoms with Gasteiger partial charge in [-0.05, 0) is 35.9 Å². The average molecular weight is 246 g/mol. The molecule has 0 radical (unpaired) electrons. The van der Waals surface area contributed by atoms with Crippen LogP contribution >= 0.6 is 0 Å². The Morgan fingerprint density at radius 3 is 2.61 bits per heavy atom. The number of methoxy groups -OCH3 is 1. The second kappa shape index (κ2) is 5.31. The molecule has 2 aromatic rings.